The second-order valence-corrected chi connectivity index (χ2v) is 8.61. The predicted octanol–water partition coefficient (Wildman–Crippen LogP) is 3.25. The molecule has 0 saturated heterocycles. The third-order valence-corrected chi connectivity index (χ3v) is 4.79. The van der Waals surface area contributed by atoms with Gasteiger partial charge in [0.1, 0.15) is 17.9 Å². The molecule has 2 unspecified atom stereocenters. The quantitative estimate of drug-likeness (QED) is 0.369. The van der Waals surface area contributed by atoms with Crippen molar-refractivity contribution in [1.82, 2.24) is 15.3 Å². The molecule has 2 atom stereocenters. The van der Waals surface area contributed by atoms with Crippen LogP contribution in [0.5, 0.6) is 0 Å². The summed E-state index contributed by atoms with van der Waals surface area (Å²) in [7, 11) is 0. The van der Waals surface area contributed by atoms with E-state index in [9.17, 15) is 14.4 Å². The molecule has 3 aromatic rings. The standard InChI is InChI=1S/C24H28N4O4/c1-15(22(30)28-18(13-29)11-17-12-25-14-26-17)27-21-19-8-6-5-7-16(19)9-10-20(21)23(31)32-24(2,3)4/h5-10,12-15,18,27H,11H2,1-4H3,(H,25,26)(H,28,30). The van der Waals surface area contributed by atoms with E-state index in [4.69, 9.17) is 4.74 Å². The average Bonchev–Trinajstić information content (AvgIpc) is 3.25. The summed E-state index contributed by atoms with van der Waals surface area (Å²) >= 11 is 0. The number of aromatic amines is 1. The van der Waals surface area contributed by atoms with Crippen molar-refractivity contribution >= 4 is 34.6 Å². The molecule has 0 aliphatic rings. The average molecular weight is 437 g/mol. The summed E-state index contributed by atoms with van der Waals surface area (Å²) in [6.07, 6.45) is 4.12. The Morgan fingerprint density at radius 3 is 2.59 bits per heavy atom. The molecule has 1 aromatic heterocycles. The van der Waals surface area contributed by atoms with Crippen molar-refractivity contribution in [3.05, 3.63) is 60.2 Å². The molecule has 2 aromatic carbocycles. The SMILES string of the molecule is CC(Nc1c(C(=O)OC(C)(C)C)ccc2ccccc12)C(=O)NC(C=O)Cc1cnc[nH]1. The predicted molar refractivity (Wildman–Crippen MR) is 122 cm³/mol. The van der Waals surface area contributed by atoms with Gasteiger partial charge in [0.2, 0.25) is 5.91 Å². The lowest BCUT2D eigenvalue weighted by atomic mass is 10.0. The monoisotopic (exact) mass is 436 g/mol. The molecule has 0 aliphatic carbocycles. The number of fused-ring (bicyclic) bond motifs is 1. The first-order valence-electron chi connectivity index (χ1n) is 10.4. The number of nitrogens with one attached hydrogen (secondary N) is 3. The summed E-state index contributed by atoms with van der Waals surface area (Å²) in [4.78, 5) is 44.0. The Hall–Kier alpha value is -3.68. The maximum Gasteiger partial charge on any atom is 0.340 e. The van der Waals surface area contributed by atoms with Crippen LogP contribution in [0, 0.1) is 0 Å². The number of anilines is 1. The molecule has 0 spiro atoms. The Bertz CT molecular complexity index is 1100. The van der Waals surface area contributed by atoms with E-state index in [1.165, 1.54) is 6.33 Å². The van der Waals surface area contributed by atoms with Crippen LogP contribution >= 0.6 is 0 Å². The molecule has 32 heavy (non-hydrogen) atoms. The van der Waals surface area contributed by atoms with Gasteiger partial charge in [-0.15, -0.1) is 0 Å². The van der Waals surface area contributed by atoms with Crippen LogP contribution in [0.4, 0.5) is 5.69 Å². The number of aromatic nitrogens is 2. The smallest absolute Gasteiger partial charge is 0.340 e. The van der Waals surface area contributed by atoms with Crippen LogP contribution in [-0.2, 0) is 20.7 Å². The first-order chi connectivity index (χ1) is 15.2. The molecular weight excluding hydrogens is 408 g/mol. The number of ether oxygens (including phenoxy) is 1. The van der Waals surface area contributed by atoms with Gasteiger partial charge >= 0.3 is 5.97 Å². The van der Waals surface area contributed by atoms with E-state index < -0.39 is 23.7 Å². The number of carbonyl (C=O) groups is 3. The lowest BCUT2D eigenvalue weighted by molar-refractivity contribution is -0.124. The van der Waals surface area contributed by atoms with E-state index in [1.807, 2.05) is 30.3 Å². The van der Waals surface area contributed by atoms with Gasteiger partial charge in [-0.1, -0.05) is 30.3 Å². The Morgan fingerprint density at radius 2 is 1.94 bits per heavy atom. The van der Waals surface area contributed by atoms with Gasteiger partial charge in [-0.25, -0.2) is 9.78 Å². The van der Waals surface area contributed by atoms with E-state index in [0.29, 0.717) is 24.0 Å². The number of hydrogen-bond acceptors (Lipinski definition) is 6. The number of benzene rings is 2. The second-order valence-electron chi connectivity index (χ2n) is 8.61. The summed E-state index contributed by atoms with van der Waals surface area (Å²) in [5, 5.41) is 7.59. The molecule has 0 aliphatic heterocycles. The Kier molecular flexibility index (Phi) is 6.92. The molecule has 0 bridgehead atoms. The van der Waals surface area contributed by atoms with Crippen molar-refractivity contribution in [1.29, 1.82) is 0 Å². The van der Waals surface area contributed by atoms with Gasteiger partial charge < -0.3 is 25.1 Å². The Labute approximate surface area is 186 Å². The minimum Gasteiger partial charge on any atom is -0.456 e. The molecular formula is C24H28N4O4. The zero-order chi connectivity index (χ0) is 23.3. The molecule has 0 radical (unpaired) electrons. The summed E-state index contributed by atoms with van der Waals surface area (Å²) in [6.45, 7) is 7.07. The highest BCUT2D eigenvalue weighted by Gasteiger charge is 2.24. The Balaban J connectivity index is 1.84. The largest absolute Gasteiger partial charge is 0.456 e. The highest BCUT2D eigenvalue weighted by atomic mass is 16.6. The number of imidazole rings is 1. The number of carbonyl (C=O) groups excluding carboxylic acids is 3. The van der Waals surface area contributed by atoms with Crippen LogP contribution in [0.15, 0.2) is 48.9 Å². The zero-order valence-electron chi connectivity index (χ0n) is 18.6. The molecule has 3 rings (SSSR count). The second kappa shape index (κ2) is 9.64. The number of rotatable bonds is 8. The van der Waals surface area contributed by atoms with Crippen molar-refractivity contribution in [2.24, 2.45) is 0 Å². The number of nitrogens with zero attached hydrogens (tertiary/aromatic N) is 1. The van der Waals surface area contributed by atoms with E-state index in [2.05, 4.69) is 20.6 Å². The molecule has 0 fully saturated rings. The van der Waals surface area contributed by atoms with Crippen molar-refractivity contribution in [3.63, 3.8) is 0 Å². The molecule has 8 nitrogen and oxygen atoms in total. The Morgan fingerprint density at radius 1 is 1.19 bits per heavy atom. The fourth-order valence-corrected chi connectivity index (χ4v) is 3.29. The first kappa shape index (κ1) is 23.0. The van der Waals surface area contributed by atoms with E-state index in [1.54, 1.807) is 40.0 Å². The normalized spacial score (nSPS) is 13.2. The van der Waals surface area contributed by atoms with Crippen molar-refractivity contribution < 1.29 is 19.1 Å². The number of amides is 1. The van der Waals surface area contributed by atoms with E-state index in [0.717, 1.165) is 16.5 Å². The topological polar surface area (TPSA) is 113 Å². The summed E-state index contributed by atoms with van der Waals surface area (Å²) < 4.78 is 5.56. The van der Waals surface area contributed by atoms with Crippen LogP contribution in [0.25, 0.3) is 10.8 Å². The van der Waals surface area contributed by atoms with Crippen molar-refractivity contribution in [3.8, 4) is 0 Å². The van der Waals surface area contributed by atoms with Gasteiger partial charge in [0.25, 0.3) is 0 Å². The lowest BCUT2D eigenvalue weighted by Gasteiger charge is -2.23. The summed E-state index contributed by atoms with van der Waals surface area (Å²) in [5.41, 5.74) is 0.926. The third kappa shape index (κ3) is 5.72. The van der Waals surface area contributed by atoms with E-state index >= 15 is 0 Å². The summed E-state index contributed by atoms with van der Waals surface area (Å²) in [5.74, 6) is -0.854. The minimum atomic E-state index is -0.716. The van der Waals surface area contributed by atoms with Crippen molar-refractivity contribution in [2.75, 3.05) is 5.32 Å². The molecule has 1 heterocycles. The first-order valence-corrected chi connectivity index (χ1v) is 10.4. The van der Waals surface area contributed by atoms with E-state index in [-0.39, 0.29) is 5.91 Å². The van der Waals surface area contributed by atoms with Gasteiger partial charge in [-0.2, -0.15) is 0 Å². The van der Waals surface area contributed by atoms with Gasteiger partial charge in [0.15, 0.2) is 0 Å². The number of esters is 1. The fraction of sp³-hybridized carbons (Fsp3) is 0.333. The molecule has 8 heteroatoms. The zero-order valence-corrected chi connectivity index (χ0v) is 18.6. The lowest BCUT2D eigenvalue weighted by Crippen LogP contribution is -2.45. The van der Waals surface area contributed by atoms with Crippen LogP contribution in [0.1, 0.15) is 43.7 Å². The van der Waals surface area contributed by atoms with Crippen LogP contribution < -0.4 is 10.6 Å². The van der Waals surface area contributed by atoms with Gasteiger partial charge in [-0.3, -0.25) is 4.79 Å². The van der Waals surface area contributed by atoms with Gasteiger partial charge in [0.05, 0.1) is 23.6 Å². The number of H-pyrrole nitrogens is 1. The molecule has 3 N–H and O–H groups in total. The van der Waals surface area contributed by atoms with Crippen LogP contribution in [0.3, 0.4) is 0 Å². The number of aldehydes is 1. The highest BCUT2D eigenvalue weighted by Crippen LogP contribution is 2.30. The van der Waals surface area contributed by atoms with Gasteiger partial charge in [-0.05, 0) is 39.1 Å². The molecule has 1 amide bonds. The van der Waals surface area contributed by atoms with Crippen molar-refractivity contribution in [2.45, 2.75) is 51.8 Å². The highest BCUT2D eigenvalue weighted by molar-refractivity contribution is 6.07. The number of hydrogen-bond donors (Lipinski definition) is 3. The molecule has 0 saturated carbocycles. The fourth-order valence-electron chi connectivity index (χ4n) is 3.29. The van der Waals surface area contributed by atoms with Crippen LogP contribution in [0.2, 0.25) is 0 Å². The molecule has 168 valence electrons. The minimum absolute atomic E-state index is 0.305. The maximum atomic E-state index is 12.9. The van der Waals surface area contributed by atoms with Gasteiger partial charge in [0, 0.05) is 23.7 Å². The summed E-state index contributed by atoms with van der Waals surface area (Å²) in [6, 6.07) is 9.69. The third-order valence-electron chi connectivity index (χ3n) is 4.79. The maximum absolute atomic E-state index is 12.9. The van der Waals surface area contributed by atoms with Crippen LogP contribution in [-0.4, -0.2) is 45.8 Å².